The van der Waals surface area contributed by atoms with Crippen LogP contribution in [-0.4, -0.2) is 22.5 Å². The van der Waals surface area contributed by atoms with E-state index in [1.54, 1.807) is 6.07 Å². The summed E-state index contributed by atoms with van der Waals surface area (Å²) in [5, 5.41) is 17.3. The summed E-state index contributed by atoms with van der Waals surface area (Å²) in [5.41, 5.74) is -0.532. The summed E-state index contributed by atoms with van der Waals surface area (Å²) < 4.78 is 20.0. The van der Waals surface area contributed by atoms with E-state index in [1.807, 2.05) is 30.3 Å². The van der Waals surface area contributed by atoms with Gasteiger partial charge in [0.1, 0.15) is 11.6 Å². The van der Waals surface area contributed by atoms with Gasteiger partial charge in [-0.3, -0.25) is 20.2 Å². The number of nitro groups is 1. The van der Waals surface area contributed by atoms with E-state index in [4.69, 9.17) is 17.0 Å². The highest BCUT2D eigenvalue weighted by Crippen LogP contribution is 2.32. The van der Waals surface area contributed by atoms with E-state index in [-0.39, 0.29) is 23.1 Å². The maximum absolute atomic E-state index is 13.8. The number of thiocarbonyl (C=S) groups is 1. The molecule has 7 nitrogen and oxygen atoms in total. The molecule has 0 aliphatic rings. The normalized spacial score (nSPS) is 10.4. The number of hydrogen-bond donors (Lipinski definition) is 2. The van der Waals surface area contributed by atoms with Gasteiger partial charge in [-0.05, 0) is 51.1 Å². The van der Waals surface area contributed by atoms with Crippen molar-refractivity contribution in [2.45, 2.75) is 0 Å². The van der Waals surface area contributed by atoms with Gasteiger partial charge in [-0.15, -0.1) is 0 Å². The number of amides is 1. The van der Waals surface area contributed by atoms with Crippen LogP contribution in [0.15, 0.2) is 59.1 Å². The minimum Gasteiger partial charge on any atom is -0.483 e. The molecule has 3 aromatic rings. The standard InChI is InChI=1S/C19H13BrFN3O4S/c20-18-13-4-2-1-3-11(13)5-8-16(18)28-10-17(25)23-19(29)22-15-9-12(24(26)27)6-7-14(15)21/h1-9H,10H2,(H2,22,23,25,29). The van der Waals surface area contributed by atoms with Gasteiger partial charge in [0, 0.05) is 12.1 Å². The summed E-state index contributed by atoms with van der Waals surface area (Å²) >= 11 is 8.42. The summed E-state index contributed by atoms with van der Waals surface area (Å²) in [4.78, 5) is 22.2. The highest BCUT2D eigenvalue weighted by atomic mass is 79.9. The number of fused-ring (bicyclic) bond motifs is 1. The lowest BCUT2D eigenvalue weighted by atomic mass is 10.1. The molecule has 0 bridgehead atoms. The minimum absolute atomic E-state index is 0.212. The number of halogens is 2. The second-order valence-electron chi connectivity index (χ2n) is 5.81. The van der Waals surface area contributed by atoms with Crippen molar-refractivity contribution in [2.75, 3.05) is 11.9 Å². The first-order chi connectivity index (χ1) is 13.8. The summed E-state index contributed by atoms with van der Waals surface area (Å²) in [6.45, 7) is -0.337. The highest BCUT2D eigenvalue weighted by molar-refractivity contribution is 9.10. The Morgan fingerprint density at radius 3 is 2.72 bits per heavy atom. The molecule has 0 aliphatic heterocycles. The van der Waals surface area contributed by atoms with E-state index >= 15 is 0 Å². The Kier molecular flexibility index (Phi) is 6.35. The average Bonchev–Trinajstić information content (AvgIpc) is 2.69. The monoisotopic (exact) mass is 477 g/mol. The molecule has 0 aromatic heterocycles. The predicted octanol–water partition coefficient (Wildman–Crippen LogP) is 4.54. The lowest BCUT2D eigenvalue weighted by molar-refractivity contribution is -0.384. The Hall–Kier alpha value is -3.11. The third kappa shape index (κ3) is 5.04. The van der Waals surface area contributed by atoms with Crippen LogP contribution in [-0.2, 0) is 4.79 Å². The van der Waals surface area contributed by atoms with Crippen molar-refractivity contribution in [3.8, 4) is 5.75 Å². The van der Waals surface area contributed by atoms with E-state index in [0.29, 0.717) is 10.2 Å². The molecule has 0 heterocycles. The number of nitrogens with one attached hydrogen (secondary N) is 2. The third-order valence-corrected chi connectivity index (χ3v) is 4.87. The Labute approximate surface area is 178 Å². The Bertz CT molecular complexity index is 1130. The summed E-state index contributed by atoms with van der Waals surface area (Å²) in [7, 11) is 0. The first-order valence-corrected chi connectivity index (χ1v) is 9.40. The molecule has 0 radical (unpaired) electrons. The van der Waals surface area contributed by atoms with Crippen molar-refractivity contribution >= 4 is 61.3 Å². The molecule has 148 valence electrons. The molecule has 2 N–H and O–H groups in total. The fraction of sp³-hybridized carbons (Fsp3) is 0.0526. The molecule has 0 aliphatic carbocycles. The van der Waals surface area contributed by atoms with Gasteiger partial charge in [0.15, 0.2) is 11.7 Å². The second kappa shape index (κ2) is 8.93. The number of nitrogens with zero attached hydrogens (tertiary/aromatic N) is 1. The molecule has 10 heteroatoms. The molecule has 0 unspecified atom stereocenters. The highest BCUT2D eigenvalue weighted by Gasteiger charge is 2.14. The first kappa shape index (κ1) is 20.6. The third-order valence-electron chi connectivity index (χ3n) is 3.85. The van der Waals surface area contributed by atoms with Crippen LogP contribution in [0.4, 0.5) is 15.8 Å². The van der Waals surface area contributed by atoms with Crippen LogP contribution in [0, 0.1) is 15.9 Å². The largest absolute Gasteiger partial charge is 0.483 e. The fourth-order valence-corrected chi connectivity index (χ4v) is 3.34. The van der Waals surface area contributed by atoms with E-state index < -0.39 is 16.6 Å². The first-order valence-electron chi connectivity index (χ1n) is 8.20. The topological polar surface area (TPSA) is 93.5 Å². The lowest BCUT2D eigenvalue weighted by Crippen LogP contribution is -2.37. The zero-order chi connectivity index (χ0) is 21.0. The Morgan fingerprint density at radius 2 is 1.97 bits per heavy atom. The van der Waals surface area contributed by atoms with Crippen molar-refractivity contribution in [1.82, 2.24) is 5.32 Å². The number of rotatable bonds is 5. The van der Waals surface area contributed by atoms with Gasteiger partial charge in [0.2, 0.25) is 0 Å². The maximum Gasteiger partial charge on any atom is 0.271 e. The molecular formula is C19H13BrFN3O4S. The zero-order valence-corrected chi connectivity index (χ0v) is 17.1. The van der Waals surface area contributed by atoms with Crippen molar-refractivity contribution in [3.63, 3.8) is 0 Å². The van der Waals surface area contributed by atoms with Crippen LogP contribution in [0.3, 0.4) is 0 Å². The van der Waals surface area contributed by atoms with Crippen LogP contribution >= 0.6 is 28.1 Å². The number of non-ortho nitro benzene ring substituents is 1. The van der Waals surface area contributed by atoms with Gasteiger partial charge in [-0.25, -0.2) is 4.39 Å². The predicted molar refractivity (Wildman–Crippen MR) is 115 cm³/mol. The molecule has 0 atom stereocenters. The van der Waals surface area contributed by atoms with Crippen LogP contribution in [0.1, 0.15) is 0 Å². The molecule has 0 saturated carbocycles. The smallest absolute Gasteiger partial charge is 0.271 e. The van der Waals surface area contributed by atoms with Crippen molar-refractivity contribution in [3.05, 3.63) is 75.0 Å². The van der Waals surface area contributed by atoms with Gasteiger partial charge in [0.25, 0.3) is 11.6 Å². The van der Waals surface area contributed by atoms with Gasteiger partial charge in [-0.2, -0.15) is 0 Å². The second-order valence-corrected chi connectivity index (χ2v) is 7.01. The van der Waals surface area contributed by atoms with E-state index in [2.05, 4.69) is 26.6 Å². The molecule has 0 saturated heterocycles. The molecule has 0 fully saturated rings. The fourth-order valence-electron chi connectivity index (χ4n) is 2.51. The molecular weight excluding hydrogens is 465 g/mol. The Morgan fingerprint density at radius 1 is 1.21 bits per heavy atom. The Balaban J connectivity index is 1.60. The number of benzene rings is 3. The van der Waals surface area contributed by atoms with Crippen LogP contribution in [0.25, 0.3) is 10.8 Å². The summed E-state index contributed by atoms with van der Waals surface area (Å²) in [6, 6.07) is 14.2. The molecule has 3 rings (SSSR count). The number of carbonyl (C=O) groups excluding carboxylic acids is 1. The zero-order valence-electron chi connectivity index (χ0n) is 14.6. The van der Waals surface area contributed by atoms with Crippen LogP contribution in [0.5, 0.6) is 5.75 Å². The van der Waals surface area contributed by atoms with E-state index in [1.165, 1.54) is 0 Å². The molecule has 1 amide bonds. The van der Waals surface area contributed by atoms with E-state index in [0.717, 1.165) is 29.0 Å². The van der Waals surface area contributed by atoms with Gasteiger partial charge in [-0.1, -0.05) is 30.3 Å². The number of nitro benzene ring substituents is 1. The van der Waals surface area contributed by atoms with Crippen LogP contribution in [0.2, 0.25) is 0 Å². The van der Waals surface area contributed by atoms with Gasteiger partial charge in [0.05, 0.1) is 15.1 Å². The van der Waals surface area contributed by atoms with Crippen molar-refractivity contribution in [1.29, 1.82) is 0 Å². The summed E-state index contributed by atoms with van der Waals surface area (Å²) in [5.74, 6) is -0.848. The van der Waals surface area contributed by atoms with Crippen molar-refractivity contribution < 1.29 is 18.8 Å². The number of hydrogen-bond acceptors (Lipinski definition) is 5. The van der Waals surface area contributed by atoms with E-state index in [9.17, 15) is 19.3 Å². The average molecular weight is 478 g/mol. The molecule has 0 spiro atoms. The lowest BCUT2D eigenvalue weighted by Gasteiger charge is -2.12. The van der Waals surface area contributed by atoms with Crippen LogP contribution < -0.4 is 15.4 Å². The quantitative estimate of drug-likeness (QED) is 0.318. The molecule has 3 aromatic carbocycles. The number of anilines is 1. The van der Waals surface area contributed by atoms with Gasteiger partial charge >= 0.3 is 0 Å². The number of carbonyl (C=O) groups is 1. The minimum atomic E-state index is -0.747. The van der Waals surface area contributed by atoms with Gasteiger partial charge < -0.3 is 10.1 Å². The SMILES string of the molecule is O=C(COc1ccc2ccccc2c1Br)NC(=S)Nc1cc([N+](=O)[O-])ccc1F. The maximum atomic E-state index is 13.8. The van der Waals surface area contributed by atoms with Crippen molar-refractivity contribution in [2.24, 2.45) is 0 Å². The molecule has 29 heavy (non-hydrogen) atoms. The summed E-state index contributed by atoms with van der Waals surface area (Å²) in [6.07, 6.45) is 0. The number of ether oxygens (including phenoxy) is 1.